The molecule has 0 saturated heterocycles. The first-order valence-electron chi connectivity index (χ1n) is 11.5. The Morgan fingerprint density at radius 1 is 1.16 bits per heavy atom. The molecule has 1 aromatic carbocycles. The summed E-state index contributed by atoms with van der Waals surface area (Å²) < 4.78 is 0. The Labute approximate surface area is 222 Å². The number of amides is 1. The van der Waals surface area contributed by atoms with Gasteiger partial charge >= 0.3 is 0 Å². The van der Waals surface area contributed by atoms with Gasteiger partial charge in [-0.1, -0.05) is 0 Å². The monoisotopic (exact) mass is 547 g/mol. The van der Waals surface area contributed by atoms with Gasteiger partial charge in [0.05, 0.1) is 29.3 Å². The fourth-order valence-electron chi connectivity index (χ4n) is 5.93. The smallest absolute Gasteiger partial charge is 0.255 e. The van der Waals surface area contributed by atoms with Crippen LogP contribution in [0.4, 0.5) is 11.4 Å². The second kappa shape index (κ2) is 8.94. The number of nitrogens with one attached hydrogen (secondary N) is 1. The molecule has 3 aliphatic carbocycles. The number of aliphatic hydroxyl groups is 4. The van der Waals surface area contributed by atoms with Crippen molar-refractivity contribution in [3.8, 4) is 5.75 Å². The number of phenolic OH excluding ortho intramolecular Hbond substituents is 1. The average Bonchev–Trinajstić information content (AvgIpc) is 2.79. The van der Waals surface area contributed by atoms with Gasteiger partial charge in [-0.2, -0.15) is 0 Å². The number of carbonyl (C=O) groups excluding carboxylic acids is 3. The molecule has 0 aromatic heterocycles. The predicted octanol–water partition coefficient (Wildman–Crippen LogP) is -1.34. The number of anilines is 2. The number of carbonyl (C=O) groups is 3. The molecule has 4 rings (SSSR count). The second-order valence-electron chi connectivity index (χ2n) is 10.1. The third kappa shape index (κ3) is 3.55. The molecule has 0 bridgehead atoms. The molecule has 1 aromatic rings. The van der Waals surface area contributed by atoms with E-state index in [0.29, 0.717) is 11.3 Å². The number of hydrogen-bond donors (Lipinski definition) is 8. The number of likely N-dealkylation sites (N-methyl/N-ethyl adjacent to an activating group) is 1. The van der Waals surface area contributed by atoms with Crippen LogP contribution in [0.5, 0.6) is 5.75 Å². The number of ketones is 2. The number of rotatable bonds is 4. The van der Waals surface area contributed by atoms with Crippen LogP contribution in [-0.4, -0.2) is 99.0 Å². The molecular weight excluding hydrogens is 518 g/mol. The van der Waals surface area contributed by atoms with Crippen LogP contribution in [0.15, 0.2) is 23.0 Å². The highest BCUT2D eigenvalue weighted by molar-refractivity contribution is 7.80. The van der Waals surface area contributed by atoms with Gasteiger partial charge in [0.25, 0.3) is 5.91 Å². The molecule has 0 aliphatic heterocycles. The molecule has 1 amide bonds. The lowest BCUT2D eigenvalue weighted by molar-refractivity contribution is -0.168. The summed E-state index contributed by atoms with van der Waals surface area (Å²) in [7, 11) is 6.28. The highest BCUT2D eigenvalue weighted by Crippen LogP contribution is 2.54. The van der Waals surface area contributed by atoms with Gasteiger partial charge in [0.2, 0.25) is 5.78 Å². The molecule has 10 N–H and O–H groups in total. The number of aliphatic hydroxyl groups excluding tert-OH is 3. The van der Waals surface area contributed by atoms with Crippen LogP contribution >= 0.6 is 12.2 Å². The minimum atomic E-state index is -2.97. The Morgan fingerprint density at radius 2 is 1.76 bits per heavy atom. The van der Waals surface area contributed by atoms with Gasteiger partial charge in [0.1, 0.15) is 22.8 Å². The summed E-state index contributed by atoms with van der Waals surface area (Å²) in [6.07, 6.45) is -1.76. The molecule has 14 heteroatoms. The zero-order valence-electron chi connectivity index (χ0n) is 21.0. The lowest BCUT2D eigenvalue weighted by atomic mass is 9.56. The fourth-order valence-corrected chi connectivity index (χ4v) is 6.04. The lowest BCUT2D eigenvalue weighted by Gasteiger charge is -2.52. The van der Waals surface area contributed by atoms with Gasteiger partial charge in [-0.25, -0.2) is 0 Å². The third-order valence-electron chi connectivity index (χ3n) is 7.52. The van der Waals surface area contributed by atoms with E-state index < -0.39 is 75.5 Å². The van der Waals surface area contributed by atoms with E-state index in [1.165, 1.54) is 25.1 Å². The first kappa shape index (κ1) is 27.3. The van der Waals surface area contributed by atoms with Crippen molar-refractivity contribution in [2.24, 2.45) is 23.3 Å². The number of phenols is 1. The van der Waals surface area contributed by atoms with Crippen molar-refractivity contribution in [1.82, 2.24) is 4.90 Å². The van der Waals surface area contributed by atoms with Gasteiger partial charge in [-0.05, 0) is 44.4 Å². The highest BCUT2D eigenvalue weighted by Gasteiger charge is 2.67. The molecule has 0 radical (unpaired) electrons. The van der Waals surface area contributed by atoms with Gasteiger partial charge < -0.3 is 47.2 Å². The normalized spacial score (nSPS) is 28.6. The quantitative estimate of drug-likeness (QED) is 0.124. The number of benzene rings is 1. The van der Waals surface area contributed by atoms with Gasteiger partial charge in [-0.3, -0.25) is 19.3 Å². The van der Waals surface area contributed by atoms with Crippen LogP contribution < -0.4 is 21.7 Å². The van der Waals surface area contributed by atoms with Crippen molar-refractivity contribution >= 4 is 51.9 Å². The summed E-state index contributed by atoms with van der Waals surface area (Å²) >= 11 is 4.87. The SMILES string of the molecule is CN(C)c1cc(NC(N)=S)c(O)c2c1CC1C(=C2O)C(=O)[C@]2(O)C(O)=C(C(N)=O)C(=O)[C@@H](N(C)C)C2[C@H]1O. The zero-order chi connectivity index (χ0) is 28.6. The molecule has 5 atom stereocenters. The Hall–Kier alpha value is -3.72. The van der Waals surface area contributed by atoms with Crippen LogP contribution in [0.2, 0.25) is 0 Å². The first-order valence-corrected chi connectivity index (χ1v) is 11.9. The van der Waals surface area contributed by atoms with Crippen molar-refractivity contribution in [1.29, 1.82) is 0 Å². The molecule has 0 spiro atoms. The van der Waals surface area contributed by atoms with Gasteiger partial charge in [-0.15, -0.1) is 0 Å². The Kier molecular flexibility index (Phi) is 6.43. The van der Waals surface area contributed by atoms with Crippen LogP contribution in [0.3, 0.4) is 0 Å². The van der Waals surface area contributed by atoms with E-state index in [4.69, 9.17) is 23.7 Å². The zero-order valence-corrected chi connectivity index (χ0v) is 21.8. The van der Waals surface area contributed by atoms with Crippen LogP contribution in [0.1, 0.15) is 11.1 Å². The summed E-state index contributed by atoms with van der Waals surface area (Å²) in [4.78, 5) is 42.2. The second-order valence-corrected chi connectivity index (χ2v) is 10.5. The number of nitrogens with two attached hydrogens (primary N) is 2. The molecule has 204 valence electrons. The minimum Gasteiger partial charge on any atom is -0.508 e. The molecule has 2 unspecified atom stereocenters. The molecule has 1 saturated carbocycles. The number of nitrogens with zero attached hydrogens (tertiary/aromatic N) is 2. The number of primary amides is 1. The summed E-state index contributed by atoms with van der Waals surface area (Å²) in [6.45, 7) is 0. The topological polar surface area (TPSA) is 223 Å². The van der Waals surface area contributed by atoms with E-state index in [-0.39, 0.29) is 22.8 Å². The summed E-state index contributed by atoms with van der Waals surface area (Å²) in [5, 5.41) is 59.0. The average molecular weight is 548 g/mol. The maximum atomic E-state index is 13.9. The summed E-state index contributed by atoms with van der Waals surface area (Å²) in [5.74, 6) is -8.89. The fraction of sp³-hybridized carbons (Fsp3) is 0.417. The Balaban J connectivity index is 2.05. The van der Waals surface area contributed by atoms with Crippen molar-refractivity contribution < 1.29 is 39.9 Å². The van der Waals surface area contributed by atoms with Crippen molar-refractivity contribution in [3.05, 3.63) is 34.1 Å². The maximum absolute atomic E-state index is 13.9. The number of fused-ring (bicyclic) bond motifs is 3. The van der Waals surface area contributed by atoms with E-state index in [1.807, 2.05) is 0 Å². The Bertz CT molecular complexity index is 1370. The van der Waals surface area contributed by atoms with Crippen LogP contribution in [-0.2, 0) is 20.8 Å². The third-order valence-corrected chi connectivity index (χ3v) is 7.62. The van der Waals surface area contributed by atoms with E-state index in [9.17, 15) is 39.9 Å². The van der Waals surface area contributed by atoms with Crippen molar-refractivity contribution in [2.75, 3.05) is 38.4 Å². The first-order chi connectivity index (χ1) is 17.6. The number of aromatic hydroxyl groups is 1. The van der Waals surface area contributed by atoms with Crippen molar-refractivity contribution in [2.45, 2.75) is 24.2 Å². The maximum Gasteiger partial charge on any atom is 0.255 e. The van der Waals surface area contributed by atoms with Crippen LogP contribution in [0.25, 0.3) is 5.76 Å². The molecule has 13 nitrogen and oxygen atoms in total. The number of thiocarbonyl (C=S) groups is 1. The number of hydrogen-bond acceptors (Lipinski definition) is 11. The molecular formula is C24H29N5O8S. The van der Waals surface area contributed by atoms with E-state index in [2.05, 4.69) is 5.32 Å². The highest BCUT2D eigenvalue weighted by atomic mass is 32.1. The van der Waals surface area contributed by atoms with E-state index in [1.54, 1.807) is 19.0 Å². The summed E-state index contributed by atoms with van der Waals surface area (Å²) in [5.41, 5.74) is 7.16. The largest absolute Gasteiger partial charge is 0.508 e. The van der Waals surface area contributed by atoms with Crippen molar-refractivity contribution in [3.63, 3.8) is 0 Å². The number of Topliss-reactive ketones (excluding diaryl/α,β-unsaturated/α-hetero) is 2. The van der Waals surface area contributed by atoms with E-state index in [0.717, 1.165) is 0 Å². The Morgan fingerprint density at radius 3 is 2.26 bits per heavy atom. The van der Waals surface area contributed by atoms with Gasteiger partial charge in [0, 0.05) is 31.3 Å². The minimum absolute atomic E-state index is 0.0284. The lowest BCUT2D eigenvalue weighted by Crippen LogP contribution is -2.70. The predicted molar refractivity (Wildman–Crippen MR) is 140 cm³/mol. The van der Waals surface area contributed by atoms with E-state index >= 15 is 0 Å². The molecule has 38 heavy (non-hydrogen) atoms. The van der Waals surface area contributed by atoms with Gasteiger partial charge in [0.15, 0.2) is 16.5 Å². The standard InChI is InChI=1S/C24H29N5O8S/c1-28(2)10-6-9(27-23(26)38)17(31)11-7(10)5-8-12(18(11)32)20(34)24(37)14(16(8)30)15(29(3)4)19(33)13(21(24)35)22(25)36/h6,8,14-16,30-32,35,37H,5H2,1-4H3,(H2,25,36)(H3,26,27,38)/t8?,14?,15-,16-,24-/m0/s1. The summed E-state index contributed by atoms with van der Waals surface area (Å²) in [6, 6.07) is 0.112. The molecule has 1 fully saturated rings. The van der Waals surface area contributed by atoms with Crippen LogP contribution in [0, 0.1) is 11.8 Å². The molecule has 0 heterocycles. The molecule has 3 aliphatic rings.